The molecule has 0 radical (unpaired) electrons. The molecule has 0 amide bonds. The Balaban J connectivity index is 3.99. The van der Waals surface area contributed by atoms with Crippen LogP contribution in [-0.2, 0) is 4.74 Å². The molecular formula is C7H13NO2. The minimum absolute atomic E-state index is 0.196. The van der Waals surface area contributed by atoms with Gasteiger partial charge in [-0.25, -0.2) is 0 Å². The minimum atomic E-state index is -1.02. The van der Waals surface area contributed by atoms with E-state index in [9.17, 15) is 5.11 Å². The first-order chi connectivity index (χ1) is 4.54. The molecule has 3 nitrogen and oxygen atoms in total. The van der Waals surface area contributed by atoms with Crippen LogP contribution in [0.2, 0.25) is 0 Å². The van der Waals surface area contributed by atoms with Gasteiger partial charge in [-0.2, -0.15) is 5.26 Å². The molecule has 0 fully saturated rings. The summed E-state index contributed by atoms with van der Waals surface area (Å²) in [4.78, 5) is 0. The average molecular weight is 143 g/mol. The van der Waals surface area contributed by atoms with E-state index in [-0.39, 0.29) is 6.61 Å². The van der Waals surface area contributed by atoms with Crippen molar-refractivity contribution >= 4 is 0 Å². The standard InChI is InChI=1S/C7H13NO2/c1-6(4-8)7(2,9)5-10-3/h6,9H,5H2,1-3H3. The lowest BCUT2D eigenvalue weighted by atomic mass is 9.93. The van der Waals surface area contributed by atoms with Gasteiger partial charge in [0.25, 0.3) is 0 Å². The van der Waals surface area contributed by atoms with E-state index >= 15 is 0 Å². The molecule has 10 heavy (non-hydrogen) atoms. The van der Waals surface area contributed by atoms with E-state index in [1.165, 1.54) is 7.11 Å². The van der Waals surface area contributed by atoms with E-state index in [4.69, 9.17) is 10.00 Å². The molecule has 1 N–H and O–H groups in total. The number of ether oxygens (including phenoxy) is 1. The maximum absolute atomic E-state index is 9.44. The van der Waals surface area contributed by atoms with Crippen LogP contribution in [0.25, 0.3) is 0 Å². The van der Waals surface area contributed by atoms with Crippen molar-refractivity contribution in [2.75, 3.05) is 13.7 Å². The highest BCUT2D eigenvalue weighted by Crippen LogP contribution is 2.15. The number of rotatable bonds is 3. The second kappa shape index (κ2) is 3.55. The van der Waals surface area contributed by atoms with Crippen LogP contribution in [0.1, 0.15) is 13.8 Å². The highest BCUT2D eigenvalue weighted by molar-refractivity contribution is 4.93. The summed E-state index contributed by atoms with van der Waals surface area (Å²) >= 11 is 0. The molecule has 0 aromatic rings. The van der Waals surface area contributed by atoms with Crippen LogP contribution in [0.4, 0.5) is 0 Å². The Labute approximate surface area is 61.2 Å². The summed E-state index contributed by atoms with van der Waals surface area (Å²) in [5, 5.41) is 17.9. The van der Waals surface area contributed by atoms with Crippen molar-refractivity contribution in [3.8, 4) is 6.07 Å². The van der Waals surface area contributed by atoms with E-state index in [0.717, 1.165) is 0 Å². The normalized spacial score (nSPS) is 19.1. The molecule has 0 heterocycles. The molecule has 0 aromatic carbocycles. The van der Waals surface area contributed by atoms with Gasteiger partial charge >= 0.3 is 0 Å². The molecule has 0 rings (SSSR count). The van der Waals surface area contributed by atoms with Gasteiger partial charge in [-0.1, -0.05) is 0 Å². The highest BCUT2D eigenvalue weighted by atomic mass is 16.5. The summed E-state index contributed by atoms with van der Waals surface area (Å²) in [6, 6.07) is 1.96. The predicted octanol–water partition coefficient (Wildman–Crippen LogP) is 0.543. The summed E-state index contributed by atoms with van der Waals surface area (Å²) in [5.74, 6) is -0.396. The fraction of sp³-hybridized carbons (Fsp3) is 0.857. The SMILES string of the molecule is COCC(C)(O)C(C)C#N. The van der Waals surface area contributed by atoms with Gasteiger partial charge in [0.05, 0.1) is 18.6 Å². The zero-order valence-corrected chi connectivity index (χ0v) is 6.59. The Morgan fingerprint density at radius 2 is 2.30 bits per heavy atom. The van der Waals surface area contributed by atoms with Gasteiger partial charge < -0.3 is 9.84 Å². The van der Waals surface area contributed by atoms with Gasteiger partial charge in [0.15, 0.2) is 0 Å². The van der Waals surface area contributed by atoms with Gasteiger partial charge in [-0.15, -0.1) is 0 Å². The topological polar surface area (TPSA) is 53.2 Å². The zero-order chi connectivity index (χ0) is 8.20. The molecule has 0 aromatic heterocycles. The van der Waals surface area contributed by atoms with Crippen molar-refractivity contribution < 1.29 is 9.84 Å². The van der Waals surface area contributed by atoms with Crippen LogP contribution in [0.15, 0.2) is 0 Å². The van der Waals surface area contributed by atoms with Crippen LogP contribution >= 0.6 is 0 Å². The Morgan fingerprint density at radius 3 is 2.60 bits per heavy atom. The van der Waals surface area contributed by atoms with Crippen LogP contribution in [0.5, 0.6) is 0 Å². The maximum atomic E-state index is 9.44. The number of methoxy groups -OCH3 is 1. The molecule has 0 aliphatic heterocycles. The number of hydrogen-bond donors (Lipinski definition) is 1. The zero-order valence-electron chi connectivity index (χ0n) is 6.59. The molecular weight excluding hydrogens is 130 g/mol. The summed E-state index contributed by atoms with van der Waals surface area (Å²) in [5.41, 5.74) is -1.02. The van der Waals surface area contributed by atoms with Crippen LogP contribution in [0.3, 0.4) is 0 Å². The molecule has 0 aliphatic carbocycles. The largest absolute Gasteiger partial charge is 0.386 e. The second-order valence-electron chi connectivity index (χ2n) is 2.64. The van der Waals surface area contributed by atoms with Crippen molar-refractivity contribution in [1.29, 1.82) is 5.26 Å². The first-order valence-electron chi connectivity index (χ1n) is 3.15. The molecule has 0 saturated carbocycles. The fourth-order valence-electron chi connectivity index (χ4n) is 0.556. The van der Waals surface area contributed by atoms with Crippen LogP contribution in [0, 0.1) is 17.2 Å². The second-order valence-corrected chi connectivity index (χ2v) is 2.64. The fourth-order valence-corrected chi connectivity index (χ4v) is 0.556. The van der Waals surface area contributed by atoms with E-state index in [0.29, 0.717) is 0 Å². The van der Waals surface area contributed by atoms with Gasteiger partial charge in [0.1, 0.15) is 5.60 Å². The first kappa shape index (κ1) is 9.41. The third kappa shape index (κ3) is 2.34. The Kier molecular flexibility index (Phi) is 3.34. The summed E-state index contributed by atoms with van der Waals surface area (Å²) < 4.78 is 4.73. The third-order valence-corrected chi connectivity index (χ3v) is 1.56. The van der Waals surface area contributed by atoms with E-state index in [2.05, 4.69) is 0 Å². The minimum Gasteiger partial charge on any atom is -0.386 e. The Morgan fingerprint density at radius 1 is 1.80 bits per heavy atom. The van der Waals surface area contributed by atoms with Gasteiger partial charge in [0, 0.05) is 7.11 Å². The van der Waals surface area contributed by atoms with Gasteiger partial charge in [-0.05, 0) is 13.8 Å². The summed E-state index contributed by atoms with van der Waals surface area (Å²) in [6.07, 6.45) is 0. The number of nitrogens with zero attached hydrogens (tertiary/aromatic N) is 1. The van der Waals surface area contributed by atoms with E-state index < -0.39 is 11.5 Å². The Bertz CT molecular complexity index is 137. The smallest absolute Gasteiger partial charge is 0.101 e. The predicted molar refractivity (Wildman–Crippen MR) is 37.3 cm³/mol. The Hall–Kier alpha value is -0.590. The molecule has 2 atom stereocenters. The average Bonchev–Trinajstić information content (AvgIpc) is 1.86. The van der Waals surface area contributed by atoms with Gasteiger partial charge in [-0.3, -0.25) is 0 Å². The summed E-state index contributed by atoms with van der Waals surface area (Å²) in [7, 11) is 1.50. The van der Waals surface area contributed by atoms with Crippen molar-refractivity contribution in [2.45, 2.75) is 19.4 Å². The molecule has 0 spiro atoms. The summed E-state index contributed by atoms with van der Waals surface area (Å²) in [6.45, 7) is 3.45. The lowest BCUT2D eigenvalue weighted by molar-refractivity contribution is -0.0397. The molecule has 2 unspecified atom stereocenters. The molecule has 3 heteroatoms. The highest BCUT2D eigenvalue weighted by Gasteiger charge is 2.27. The van der Waals surface area contributed by atoms with Gasteiger partial charge in [0.2, 0.25) is 0 Å². The number of nitriles is 1. The van der Waals surface area contributed by atoms with Crippen molar-refractivity contribution in [1.82, 2.24) is 0 Å². The van der Waals surface area contributed by atoms with Crippen molar-refractivity contribution in [3.05, 3.63) is 0 Å². The monoisotopic (exact) mass is 143 g/mol. The quantitative estimate of drug-likeness (QED) is 0.627. The number of hydrogen-bond acceptors (Lipinski definition) is 3. The van der Waals surface area contributed by atoms with Crippen molar-refractivity contribution in [3.63, 3.8) is 0 Å². The molecule has 0 bridgehead atoms. The van der Waals surface area contributed by atoms with Crippen molar-refractivity contribution in [2.24, 2.45) is 5.92 Å². The van der Waals surface area contributed by atoms with E-state index in [1.54, 1.807) is 13.8 Å². The van der Waals surface area contributed by atoms with Crippen LogP contribution < -0.4 is 0 Å². The molecule has 0 aliphatic rings. The number of aliphatic hydroxyl groups is 1. The first-order valence-corrected chi connectivity index (χ1v) is 3.15. The maximum Gasteiger partial charge on any atom is 0.101 e. The molecule has 0 saturated heterocycles. The van der Waals surface area contributed by atoms with E-state index in [1.807, 2.05) is 6.07 Å². The lowest BCUT2D eigenvalue weighted by Gasteiger charge is -2.24. The molecule has 58 valence electrons. The lowest BCUT2D eigenvalue weighted by Crippen LogP contribution is -2.36. The third-order valence-electron chi connectivity index (χ3n) is 1.56. The van der Waals surface area contributed by atoms with Crippen LogP contribution in [-0.4, -0.2) is 24.4 Å².